The van der Waals surface area contributed by atoms with E-state index in [1.54, 1.807) is 18.2 Å². The third-order valence-electron chi connectivity index (χ3n) is 4.51. The van der Waals surface area contributed by atoms with Crippen molar-refractivity contribution in [2.24, 2.45) is 0 Å². The van der Waals surface area contributed by atoms with Gasteiger partial charge in [0.25, 0.3) is 5.91 Å². The molecule has 1 amide bonds. The Morgan fingerprint density at radius 2 is 1.85 bits per heavy atom. The molecule has 0 bridgehead atoms. The van der Waals surface area contributed by atoms with E-state index in [1.807, 2.05) is 6.92 Å². The number of hydrogen-bond donors (Lipinski definition) is 1. The smallest absolute Gasteiger partial charge is 0.355 e. The van der Waals surface area contributed by atoms with Gasteiger partial charge >= 0.3 is 11.9 Å². The molecule has 8 heteroatoms. The summed E-state index contributed by atoms with van der Waals surface area (Å²) in [4.78, 5) is 38.4. The summed E-state index contributed by atoms with van der Waals surface area (Å²) in [7, 11) is 2.47. The van der Waals surface area contributed by atoms with Crippen LogP contribution in [0, 0.1) is 6.92 Å². The van der Waals surface area contributed by atoms with E-state index in [-0.39, 0.29) is 36.6 Å². The van der Waals surface area contributed by atoms with Crippen LogP contribution >= 0.6 is 0 Å². The summed E-state index contributed by atoms with van der Waals surface area (Å²) >= 11 is 0. The number of rotatable bonds is 5. The maximum Gasteiger partial charge on any atom is 0.355 e. The summed E-state index contributed by atoms with van der Waals surface area (Å²) < 4.78 is 15.1. The topological polar surface area (TPSA) is 94.2 Å². The predicted molar refractivity (Wildman–Crippen MR) is 96.0 cm³/mol. The molecule has 1 saturated carbocycles. The summed E-state index contributed by atoms with van der Waals surface area (Å²) in [5, 5.41) is 2.93. The molecule has 1 aromatic carbocycles. The zero-order valence-corrected chi connectivity index (χ0v) is 15.5. The van der Waals surface area contributed by atoms with Crippen molar-refractivity contribution in [1.82, 2.24) is 5.32 Å². The van der Waals surface area contributed by atoms with E-state index in [4.69, 9.17) is 14.2 Å². The van der Waals surface area contributed by atoms with E-state index in [1.165, 1.54) is 19.1 Å². The van der Waals surface area contributed by atoms with Gasteiger partial charge in [-0.25, -0.2) is 9.59 Å². The van der Waals surface area contributed by atoms with E-state index < -0.39 is 11.9 Å². The molecule has 0 radical (unpaired) electrons. The number of aryl methyl sites for hydroxylation is 1. The van der Waals surface area contributed by atoms with Crippen molar-refractivity contribution in [3.8, 4) is 0 Å². The van der Waals surface area contributed by atoms with Gasteiger partial charge in [-0.2, -0.15) is 0 Å². The number of hydrogen-bond acceptors (Lipinski definition) is 7. The minimum absolute atomic E-state index is 0.0411. The SMILES string of the molecule is COC(=O)C1=C(C(=O)OC)N(c2cc(C(=O)NC3CC3)ccc2C)COC1. The molecule has 1 fully saturated rings. The number of carbonyl (C=O) groups excluding carboxylic acids is 3. The molecule has 0 atom stereocenters. The third kappa shape index (κ3) is 3.95. The first kappa shape index (κ1) is 18.9. The second kappa shape index (κ2) is 7.79. The van der Waals surface area contributed by atoms with Crippen molar-refractivity contribution in [3.63, 3.8) is 0 Å². The average molecular weight is 374 g/mol. The van der Waals surface area contributed by atoms with Crippen LogP contribution in [0.1, 0.15) is 28.8 Å². The van der Waals surface area contributed by atoms with Crippen molar-refractivity contribution in [1.29, 1.82) is 0 Å². The molecule has 0 unspecified atom stereocenters. The van der Waals surface area contributed by atoms with Crippen LogP contribution in [0.2, 0.25) is 0 Å². The van der Waals surface area contributed by atoms with E-state index >= 15 is 0 Å². The minimum Gasteiger partial charge on any atom is -0.466 e. The van der Waals surface area contributed by atoms with Gasteiger partial charge in [-0.1, -0.05) is 6.07 Å². The minimum atomic E-state index is -0.675. The van der Waals surface area contributed by atoms with Crippen molar-refractivity contribution in [2.45, 2.75) is 25.8 Å². The molecule has 1 aliphatic carbocycles. The quantitative estimate of drug-likeness (QED) is 0.776. The fraction of sp³-hybridized carbons (Fsp3) is 0.421. The third-order valence-corrected chi connectivity index (χ3v) is 4.51. The summed E-state index contributed by atoms with van der Waals surface area (Å²) in [6.07, 6.45) is 1.98. The summed E-state index contributed by atoms with van der Waals surface area (Å²) in [6.45, 7) is 1.83. The molecule has 0 spiro atoms. The van der Waals surface area contributed by atoms with Crippen LogP contribution in [0.5, 0.6) is 0 Å². The molecule has 2 aliphatic rings. The maximum absolute atomic E-state index is 12.4. The van der Waals surface area contributed by atoms with Gasteiger partial charge in [0.1, 0.15) is 12.4 Å². The van der Waals surface area contributed by atoms with Crippen molar-refractivity contribution >= 4 is 23.5 Å². The van der Waals surface area contributed by atoms with Crippen LogP contribution in [0.15, 0.2) is 29.5 Å². The number of amides is 1. The molecule has 0 saturated heterocycles. The molecular weight excluding hydrogens is 352 g/mol. The summed E-state index contributed by atoms with van der Waals surface area (Å²) in [5.41, 5.74) is 1.99. The fourth-order valence-corrected chi connectivity index (χ4v) is 2.87. The molecule has 1 N–H and O–H groups in total. The first-order valence-corrected chi connectivity index (χ1v) is 8.62. The number of anilines is 1. The highest BCUT2D eigenvalue weighted by Gasteiger charge is 2.33. The number of nitrogens with zero attached hydrogens (tertiary/aromatic N) is 1. The Bertz CT molecular complexity index is 812. The van der Waals surface area contributed by atoms with Crippen LogP contribution in [0.25, 0.3) is 0 Å². The Morgan fingerprint density at radius 3 is 2.48 bits per heavy atom. The molecule has 1 aliphatic heterocycles. The Morgan fingerprint density at radius 1 is 1.15 bits per heavy atom. The monoisotopic (exact) mass is 374 g/mol. The number of esters is 2. The van der Waals surface area contributed by atoms with Gasteiger partial charge in [0.15, 0.2) is 0 Å². The second-order valence-corrected chi connectivity index (χ2v) is 6.46. The largest absolute Gasteiger partial charge is 0.466 e. The van der Waals surface area contributed by atoms with Gasteiger partial charge in [0.05, 0.1) is 26.4 Å². The highest BCUT2D eigenvalue weighted by atomic mass is 16.5. The normalized spacial score (nSPS) is 16.8. The number of carbonyl (C=O) groups is 3. The van der Waals surface area contributed by atoms with Crippen molar-refractivity contribution < 1.29 is 28.6 Å². The molecule has 1 heterocycles. The summed E-state index contributed by atoms with van der Waals surface area (Å²) in [5.74, 6) is -1.51. The van der Waals surface area contributed by atoms with Gasteiger partial charge in [-0.05, 0) is 37.5 Å². The van der Waals surface area contributed by atoms with Crippen LogP contribution in [0.4, 0.5) is 5.69 Å². The van der Waals surface area contributed by atoms with Crippen LogP contribution in [-0.2, 0) is 23.8 Å². The van der Waals surface area contributed by atoms with Gasteiger partial charge in [0, 0.05) is 17.3 Å². The number of ether oxygens (including phenoxy) is 3. The molecule has 8 nitrogen and oxygen atoms in total. The lowest BCUT2D eigenvalue weighted by Gasteiger charge is -2.32. The average Bonchev–Trinajstić information content (AvgIpc) is 3.50. The van der Waals surface area contributed by atoms with Gasteiger partial charge in [-0.3, -0.25) is 4.79 Å². The van der Waals surface area contributed by atoms with Gasteiger partial charge < -0.3 is 24.4 Å². The standard InChI is InChI=1S/C19H22N2O6/c1-11-4-5-12(17(22)20-13-6-7-13)8-15(11)21-10-27-9-14(18(23)25-2)16(21)19(24)26-3/h4-5,8,13H,6-7,9-10H2,1-3H3,(H,20,22). The zero-order valence-electron chi connectivity index (χ0n) is 15.5. The van der Waals surface area contributed by atoms with Crippen molar-refractivity contribution in [2.75, 3.05) is 32.5 Å². The lowest BCUT2D eigenvalue weighted by Crippen LogP contribution is -2.39. The molecule has 0 aromatic heterocycles. The molecule has 144 valence electrons. The number of benzene rings is 1. The highest BCUT2D eigenvalue weighted by molar-refractivity contribution is 6.04. The Balaban J connectivity index is 2.03. The first-order valence-electron chi connectivity index (χ1n) is 8.62. The molecule has 1 aromatic rings. The van der Waals surface area contributed by atoms with Crippen LogP contribution < -0.4 is 10.2 Å². The number of nitrogens with one attached hydrogen (secondary N) is 1. The predicted octanol–water partition coefficient (Wildman–Crippen LogP) is 1.28. The highest BCUT2D eigenvalue weighted by Crippen LogP contribution is 2.30. The maximum atomic E-state index is 12.4. The van der Waals surface area contributed by atoms with Crippen molar-refractivity contribution in [3.05, 3.63) is 40.6 Å². The lowest BCUT2D eigenvalue weighted by molar-refractivity contribution is -0.140. The van der Waals surface area contributed by atoms with Crippen LogP contribution in [0.3, 0.4) is 0 Å². The zero-order chi connectivity index (χ0) is 19.6. The van der Waals surface area contributed by atoms with Gasteiger partial charge in [-0.15, -0.1) is 0 Å². The molecule has 27 heavy (non-hydrogen) atoms. The Hall–Kier alpha value is -2.87. The molecule has 3 rings (SSSR count). The number of methoxy groups -OCH3 is 2. The van der Waals surface area contributed by atoms with E-state index in [9.17, 15) is 14.4 Å². The summed E-state index contributed by atoms with van der Waals surface area (Å²) in [6, 6.07) is 5.43. The van der Waals surface area contributed by atoms with E-state index in [0.717, 1.165) is 18.4 Å². The molecular formula is C19H22N2O6. The Labute approximate surface area is 157 Å². The lowest BCUT2D eigenvalue weighted by atomic mass is 10.1. The Kier molecular flexibility index (Phi) is 5.46. The van der Waals surface area contributed by atoms with Gasteiger partial charge in [0.2, 0.25) is 0 Å². The van der Waals surface area contributed by atoms with Crippen LogP contribution in [-0.4, -0.2) is 51.4 Å². The second-order valence-electron chi connectivity index (χ2n) is 6.46. The van der Waals surface area contributed by atoms with E-state index in [0.29, 0.717) is 11.3 Å². The first-order chi connectivity index (χ1) is 13.0. The fourth-order valence-electron chi connectivity index (χ4n) is 2.87. The van der Waals surface area contributed by atoms with E-state index in [2.05, 4.69) is 5.32 Å².